The quantitative estimate of drug-likeness (QED) is 0.900. The van der Waals surface area contributed by atoms with Gasteiger partial charge in [0.1, 0.15) is 17.1 Å². The second-order valence-corrected chi connectivity index (χ2v) is 5.93. The first-order valence-electron chi connectivity index (χ1n) is 7.22. The summed E-state index contributed by atoms with van der Waals surface area (Å²) in [5.74, 6) is 1.04. The fourth-order valence-corrected chi connectivity index (χ4v) is 2.87. The van der Waals surface area contributed by atoms with Gasteiger partial charge in [-0.1, -0.05) is 13.0 Å². The number of phenols is 1. The summed E-state index contributed by atoms with van der Waals surface area (Å²) in [4.78, 5) is 2.41. The van der Waals surface area contributed by atoms with Crippen LogP contribution in [0.2, 0.25) is 0 Å². The molecule has 1 unspecified atom stereocenters. The number of phenolic OH excluding ortho intramolecular Hbond substituents is 1. The maximum Gasteiger partial charge on any atom is 0.128 e. The smallest absolute Gasteiger partial charge is 0.128 e. The molecule has 0 aliphatic carbocycles. The lowest BCUT2D eigenvalue weighted by atomic mass is 9.88. The van der Waals surface area contributed by atoms with Gasteiger partial charge >= 0.3 is 0 Å². The van der Waals surface area contributed by atoms with Gasteiger partial charge in [0.15, 0.2) is 0 Å². The number of likely N-dealkylation sites (N-methyl/N-ethyl adjacent to an activating group) is 1. The Balaban J connectivity index is 2.32. The minimum atomic E-state index is -0.230. The van der Waals surface area contributed by atoms with Gasteiger partial charge in [-0.15, -0.1) is 0 Å². The average molecular weight is 279 g/mol. The highest BCUT2D eigenvalue weighted by Crippen LogP contribution is 2.43. The lowest BCUT2D eigenvalue weighted by Crippen LogP contribution is -2.42. The molecule has 1 N–H and O–H groups in total. The number of nitrogens with zero attached hydrogens (tertiary/aromatic N) is 1. The monoisotopic (exact) mass is 279 g/mol. The van der Waals surface area contributed by atoms with Gasteiger partial charge in [-0.2, -0.15) is 0 Å². The zero-order valence-corrected chi connectivity index (χ0v) is 12.8. The van der Waals surface area contributed by atoms with Gasteiger partial charge in [-0.05, 0) is 26.5 Å². The third kappa shape index (κ3) is 3.25. The second-order valence-electron chi connectivity index (χ2n) is 5.93. The van der Waals surface area contributed by atoms with Crippen LogP contribution in [-0.2, 0) is 4.74 Å². The minimum absolute atomic E-state index is 0.230. The van der Waals surface area contributed by atoms with Crippen LogP contribution in [0.1, 0.15) is 38.8 Å². The van der Waals surface area contributed by atoms with Crippen LogP contribution in [0.5, 0.6) is 11.5 Å². The molecule has 0 aromatic heterocycles. The molecule has 0 radical (unpaired) electrons. The number of hydrogen-bond donors (Lipinski definition) is 1. The van der Waals surface area contributed by atoms with Crippen LogP contribution in [0.25, 0.3) is 0 Å². The molecule has 0 bridgehead atoms. The summed E-state index contributed by atoms with van der Waals surface area (Å²) in [6.45, 7) is 8.93. The molecule has 0 spiro atoms. The van der Waals surface area contributed by atoms with Crippen LogP contribution >= 0.6 is 0 Å². The third-order valence-corrected chi connectivity index (χ3v) is 3.86. The van der Waals surface area contributed by atoms with Crippen molar-refractivity contribution in [2.75, 3.05) is 26.8 Å². The maximum atomic E-state index is 9.67. The van der Waals surface area contributed by atoms with E-state index >= 15 is 0 Å². The van der Waals surface area contributed by atoms with Crippen molar-refractivity contribution in [3.8, 4) is 11.5 Å². The molecule has 1 heterocycles. The molecule has 0 saturated heterocycles. The molecule has 20 heavy (non-hydrogen) atoms. The lowest BCUT2D eigenvalue weighted by molar-refractivity contribution is 0.0231. The molecule has 1 atom stereocenters. The summed E-state index contributed by atoms with van der Waals surface area (Å²) >= 11 is 0. The highest BCUT2D eigenvalue weighted by molar-refractivity contribution is 5.44. The van der Waals surface area contributed by atoms with Crippen LogP contribution in [0, 0.1) is 0 Å². The summed E-state index contributed by atoms with van der Waals surface area (Å²) in [7, 11) is 1.73. The van der Waals surface area contributed by atoms with Crippen molar-refractivity contribution in [1.82, 2.24) is 4.90 Å². The normalized spacial score (nSPS) is 20.6. The lowest BCUT2D eigenvalue weighted by Gasteiger charge is -2.42. The van der Waals surface area contributed by atoms with Crippen LogP contribution in [0.15, 0.2) is 18.2 Å². The Kier molecular flexibility index (Phi) is 4.55. The first-order valence-corrected chi connectivity index (χ1v) is 7.22. The SMILES string of the molecule is CCN(CCOC)C1CC(C)(C)Oc2cc(O)ccc21. The third-order valence-electron chi connectivity index (χ3n) is 3.86. The summed E-state index contributed by atoms with van der Waals surface area (Å²) < 4.78 is 11.2. The fourth-order valence-electron chi connectivity index (χ4n) is 2.87. The Labute approximate surface area is 121 Å². The Morgan fingerprint density at radius 2 is 2.20 bits per heavy atom. The molecule has 1 aliphatic heterocycles. The van der Waals surface area contributed by atoms with Crippen molar-refractivity contribution in [2.24, 2.45) is 0 Å². The zero-order chi connectivity index (χ0) is 14.8. The number of fused-ring (bicyclic) bond motifs is 1. The predicted octanol–water partition coefficient (Wildman–Crippen LogP) is 2.96. The van der Waals surface area contributed by atoms with Gasteiger partial charge in [0.2, 0.25) is 0 Å². The van der Waals surface area contributed by atoms with E-state index in [0.29, 0.717) is 6.04 Å². The Hall–Kier alpha value is -1.26. The molecule has 2 rings (SSSR count). The maximum absolute atomic E-state index is 9.67. The second kappa shape index (κ2) is 6.02. The molecule has 1 aromatic carbocycles. The van der Waals surface area contributed by atoms with E-state index in [-0.39, 0.29) is 11.4 Å². The van der Waals surface area contributed by atoms with Crippen molar-refractivity contribution in [3.63, 3.8) is 0 Å². The first-order chi connectivity index (χ1) is 9.46. The number of hydrogen-bond acceptors (Lipinski definition) is 4. The molecule has 4 heteroatoms. The summed E-state index contributed by atoms with van der Waals surface area (Å²) in [5.41, 5.74) is 0.923. The average Bonchev–Trinajstić information content (AvgIpc) is 2.37. The highest BCUT2D eigenvalue weighted by Gasteiger charge is 2.36. The standard InChI is InChI=1S/C16H25NO3/c1-5-17(8-9-19-4)14-11-16(2,3)20-15-10-12(18)6-7-13(14)15/h6-7,10,14,18H,5,8-9,11H2,1-4H3. The molecular weight excluding hydrogens is 254 g/mol. The number of aromatic hydroxyl groups is 1. The number of benzene rings is 1. The minimum Gasteiger partial charge on any atom is -0.508 e. The molecule has 1 aliphatic rings. The van der Waals surface area contributed by atoms with E-state index in [1.165, 1.54) is 0 Å². The van der Waals surface area contributed by atoms with Crippen LogP contribution in [0.3, 0.4) is 0 Å². The van der Waals surface area contributed by atoms with E-state index in [2.05, 4.69) is 25.7 Å². The van der Waals surface area contributed by atoms with E-state index in [1.807, 2.05) is 6.07 Å². The van der Waals surface area contributed by atoms with Crippen molar-refractivity contribution < 1.29 is 14.6 Å². The first kappa shape index (κ1) is 15.1. The molecule has 112 valence electrons. The highest BCUT2D eigenvalue weighted by atomic mass is 16.5. The van der Waals surface area contributed by atoms with Gasteiger partial charge in [0.05, 0.1) is 6.61 Å². The Morgan fingerprint density at radius 3 is 2.85 bits per heavy atom. The van der Waals surface area contributed by atoms with Gasteiger partial charge in [-0.25, -0.2) is 0 Å². The van der Waals surface area contributed by atoms with Gasteiger partial charge in [0.25, 0.3) is 0 Å². The van der Waals surface area contributed by atoms with Crippen molar-refractivity contribution in [1.29, 1.82) is 0 Å². The summed E-state index contributed by atoms with van der Waals surface area (Å²) in [6, 6.07) is 5.72. The summed E-state index contributed by atoms with van der Waals surface area (Å²) in [5, 5.41) is 9.67. The Morgan fingerprint density at radius 1 is 1.45 bits per heavy atom. The van der Waals surface area contributed by atoms with E-state index in [0.717, 1.165) is 37.4 Å². The largest absolute Gasteiger partial charge is 0.508 e. The number of methoxy groups -OCH3 is 1. The number of ether oxygens (including phenoxy) is 2. The molecule has 4 nitrogen and oxygen atoms in total. The van der Waals surface area contributed by atoms with E-state index in [4.69, 9.17) is 9.47 Å². The molecule has 1 aromatic rings. The predicted molar refractivity (Wildman–Crippen MR) is 79.3 cm³/mol. The van der Waals surface area contributed by atoms with Gasteiger partial charge < -0.3 is 14.6 Å². The zero-order valence-electron chi connectivity index (χ0n) is 12.8. The molecular formula is C16H25NO3. The molecule has 0 fully saturated rings. The van der Waals surface area contributed by atoms with Crippen molar-refractivity contribution >= 4 is 0 Å². The fraction of sp³-hybridized carbons (Fsp3) is 0.625. The topological polar surface area (TPSA) is 41.9 Å². The van der Waals surface area contributed by atoms with Crippen molar-refractivity contribution in [2.45, 2.75) is 38.8 Å². The van der Waals surface area contributed by atoms with E-state index < -0.39 is 0 Å². The van der Waals surface area contributed by atoms with E-state index in [9.17, 15) is 5.11 Å². The van der Waals surface area contributed by atoms with Crippen LogP contribution in [0.4, 0.5) is 0 Å². The Bertz CT molecular complexity index is 459. The molecule has 0 saturated carbocycles. The number of rotatable bonds is 5. The van der Waals surface area contributed by atoms with Crippen molar-refractivity contribution in [3.05, 3.63) is 23.8 Å². The van der Waals surface area contributed by atoms with Gasteiger partial charge in [0, 0.05) is 37.7 Å². The summed E-state index contributed by atoms with van der Waals surface area (Å²) in [6.07, 6.45) is 0.933. The van der Waals surface area contributed by atoms with Crippen LogP contribution in [-0.4, -0.2) is 42.4 Å². The van der Waals surface area contributed by atoms with Crippen LogP contribution < -0.4 is 4.74 Å². The van der Waals surface area contributed by atoms with Gasteiger partial charge in [-0.3, -0.25) is 4.90 Å². The van der Waals surface area contributed by atoms with E-state index in [1.54, 1.807) is 19.2 Å². The molecule has 0 amide bonds.